The standard InChI is InChI=1S/C27H40O6/c1-15(31-16(2)28)22-9-10-23-21-8-7-19-13-20(32-17(3)29)11-12-26(19,5)25(21)24(33-18(4)30)14-27(22,23)6/h15,19-23H,7-14H2,1-6H3/t15?,19-,20?,21?,22?,23?,26?,27?/m0/s1. The highest BCUT2D eigenvalue weighted by Crippen LogP contribution is 2.67. The Morgan fingerprint density at radius 1 is 0.939 bits per heavy atom. The van der Waals surface area contributed by atoms with Gasteiger partial charge in [0, 0.05) is 33.1 Å². The van der Waals surface area contributed by atoms with Gasteiger partial charge in [-0.25, -0.2) is 0 Å². The van der Waals surface area contributed by atoms with Gasteiger partial charge in [-0.15, -0.1) is 0 Å². The Morgan fingerprint density at radius 2 is 1.67 bits per heavy atom. The lowest BCUT2D eigenvalue weighted by molar-refractivity contribution is -0.154. The molecule has 6 nitrogen and oxygen atoms in total. The molecule has 33 heavy (non-hydrogen) atoms. The predicted molar refractivity (Wildman–Crippen MR) is 123 cm³/mol. The van der Waals surface area contributed by atoms with Gasteiger partial charge in [0.2, 0.25) is 0 Å². The molecule has 4 aliphatic carbocycles. The zero-order chi connectivity index (χ0) is 24.1. The Balaban J connectivity index is 1.70. The summed E-state index contributed by atoms with van der Waals surface area (Å²) in [5.74, 6) is 1.73. The maximum absolute atomic E-state index is 12.2. The average Bonchev–Trinajstić information content (AvgIpc) is 3.03. The number of ether oxygens (including phenoxy) is 3. The first-order valence-electron chi connectivity index (χ1n) is 12.7. The van der Waals surface area contributed by atoms with Crippen molar-refractivity contribution in [3.05, 3.63) is 11.3 Å². The number of esters is 3. The van der Waals surface area contributed by atoms with Gasteiger partial charge in [-0.1, -0.05) is 13.8 Å². The molecule has 0 aromatic carbocycles. The molecule has 0 radical (unpaired) electrons. The minimum Gasteiger partial charge on any atom is -0.463 e. The van der Waals surface area contributed by atoms with E-state index in [1.807, 2.05) is 6.92 Å². The first-order valence-corrected chi connectivity index (χ1v) is 12.7. The molecule has 0 aliphatic heterocycles. The number of carbonyl (C=O) groups excluding carboxylic acids is 3. The van der Waals surface area contributed by atoms with Gasteiger partial charge in [0.05, 0.1) is 0 Å². The van der Waals surface area contributed by atoms with Gasteiger partial charge in [-0.05, 0) is 86.0 Å². The Bertz CT molecular complexity index is 861. The summed E-state index contributed by atoms with van der Waals surface area (Å²) in [4.78, 5) is 35.4. The Hall–Kier alpha value is -1.85. The molecular formula is C27H40O6. The first-order chi connectivity index (χ1) is 15.5. The highest BCUT2D eigenvalue weighted by atomic mass is 16.5. The largest absolute Gasteiger partial charge is 0.463 e. The fourth-order valence-electron chi connectivity index (χ4n) is 8.41. The number of fused-ring (bicyclic) bond motifs is 5. The molecule has 0 N–H and O–H groups in total. The number of hydrogen-bond donors (Lipinski definition) is 0. The number of allylic oxidation sites excluding steroid dienone is 2. The summed E-state index contributed by atoms with van der Waals surface area (Å²) in [6.45, 7) is 11.1. The fraction of sp³-hybridized carbons (Fsp3) is 0.815. The SMILES string of the molecule is CC(=O)OC1=C2C(CC[C@H]3CC(OC(C)=O)CCC23C)C2CCC(C(C)OC(C)=O)C2(C)C1. The smallest absolute Gasteiger partial charge is 0.307 e. The van der Waals surface area contributed by atoms with Crippen molar-refractivity contribution in [2.45, 2.75) is 105 Å². The van der Waals surface area contributed by atoms with Crippen molar-refractivity contribution in [3.63, 3.8) is 0 Å². The van der Waals surface area contributed by atoms with Crippen molar-refractivity contribution in [2.24, 2.45) is 34.5 Å². The molecule has 7 unspecified atom stereocenters. The van der Waals surface area contributed by atoms with E-state index in [1.54, 1.807) is 0 Å². The summed E-state index contributed by atoms with van der Waals surface area (Å²) in [7, 11) is 0. The monoisotopic (exact) mass is 460 g/mol. The molecule has 0 amide bonds. The number of carbonyl (C=O) groups is 3. The van der Waals surface area contributed by atoms with Gasteiger partial charge in [-0.3, -0.25) is 14.4 Å². The lowest BCUT2D eigenvalue weighted by Gasteiger charge is -2.57. The molecule has 0 saturated heterocycles. The van der Waals surface area contributed by atoms with Crippen LogP contribution >= 0.6 is 0 Å². The van der Waals surface area contributed by atoms with Gasteiger partial charge >= 0.3 is 17.9 Å². The van der Waals surface area contributed by atoms with Gasteiger partial charge < -0.3 is 14.2 Å². The van der Waals surface area contributed by atoms with E-state index < -0.39 is 0 Å². The fourth-order valence-corrected chi connectivity index (χ4v) is 8.41. The molecule has 0 heterocycles. The van der Waals surface area contributed by atoms with Crippen LogP contribution in [-0.2, 0) is 28.6 Å². The summed E-state index contributed by atoms with van der Waals surface area (Å²) >= 11 is 0. The van der Waals surface area contributed by atoms with Crippen molar-refractivity contribution in [2.75, 3.05) is 0 Å². The van der Waals surface area contributed by atoms with E-state index in [4.69, 9.17) is 14.2 Å². The predicted octanol–water partition coefficient (Wildman–Crippen LogP) is 5.34. The van der Waals surface area contributed by atoms with E-state index in [0.29, 0.717) is 17.8 Å². The molecule has 3 fully saturated rings. The van der Waals surface area contributed by atoms with Crippen LogP contribution in [0.15, 0.2) is 11.3 Å². The molecule has 8 atom stereocenters. The minimum atomic E-state index is -0.264. The van der Waals surface area contributed by atoms with Crippen LogP contribution in [0, 0.1) is 34.5 Å². The normalized spacial score (nSPS) is 40.7. The van der Waals surface area contributed by atoms with Crippen LogP contribution in [0.3, 0.4) is 0 Å². The molecule has 0 bridgehead atoms. The maximum atomic E-state index is 12.2. The van der Waals surface area contributed by atoms with Crippen molar-refractivity contribution < 1.29 is 28.6 Å². The highest BCUT2D eigenvalue weighted by molar-refractivity contribution is 5.68. The van der Waals surface area contributed by atoms with Crippen LogP contribution in [0.5, 0.6) is 0 Å². The molecule has 6 heteroatoms. The summed E-state index contributed by atoms with van der Waals surface area (Å²) in [6.07, 6.45) is 7.56. The number of rotatable bonds is 4. The molecule has 0 spiro atoms. The quantitative estimate of drug-likeness (QED) is 0.416. The second-order valence-electron chi connectivity index (χ2n) is 11.5. The van der Waals surface area contributed by atoms with Crippen LogP contribution in [-0.4, -0.2) is 30.1 Å². The van der Waals surface area contributed by atoms with E-state index in [1.165, 1.54) is 26.3 Å². The van der Waals surface area contributed by atoms with E-state index in [9.17, 15) is 14.4 Å². The highest BCUT2D eigenvalue weighted by Gasteiger charge is 2.61. The Labute approximate surface area is 197 Å². The lowest BCUT2D eigenvalue weighted by atomic mass is 9.48. The van der Waals surface area contributed by atoms with Gasteiger partial charge in [0.1, 0.15) is 18.0 Å². The molecule has 0 aromatic rings. The molecule has 184 valence electrons. The van der Waals surface area contributed by atoms with Crippen LogP contribution in [0.2, 0.25) is 0 Å². The third-order valence-corrected chi connectivity index (χ3v) is 9.57. The van der Waals surface area contributed by atoms with E-state index in [2.05, 4.69) is 13.8 Å². The summed E-state index contributed by atoms with van der Waals surface area (Å²) in [5, 5.41) is 0. The molecule has 4 rings (SSSR count). The molecule has 0 aromatic heterocycles. The van der Waals surface area contributed by atoms with Crippen LogP contribution < -0.4 is 0 Å². The second-order valence-corrected chi connectivity index (χ2v) is 11.5. The second kappa shape index (κ2) is 8.74. The minimum absolute atomic E-state index is 0.0100. The summed E-state index contributed by atoms with van der Waals surface area (Å²) < 4.78 is 17.2. The van der Waals surface area contributed by atoms with Crippen molar-refractivity contribution in [1.82, 2.24) is 0 Å². The van der Waals surface area contributed by atoms with Crippen molar-refractivity contribution in [1.29, 1.82) is 0 Å². The van der Waals surface area contributed by atoms with Crippen LogP contribution in [0.1, 0.15) is 92.9 Å². The third kappa shape index (κ3) is 4.23. The molecule has 4 aliphatic rings. The molecule has 3 saturated carbocycles. The third-order valence-electron chi connectivity index (χ3n) is 9.57. The number of hydrogen-bond acceptors (Lipinski definition) is 6. The molecular weight excluding hydrogens is 420 g/mol. The van der Waals surface area contributed by atoms with E-state index in [0.717, 1.165) is 57.1 Å². The summed E-state index contributed by atoms with van der Waals surface area (Å²) in [6, 6.07) is 0. The first kappa shape index (κ1) is 24.3. The maximum Gasteiger partial charge on any atom is 0.307 e. The zero-order valence-corrected chi connectivity index (χ0v) is 21.1. The lowest BCUT2D eigenvalue weighted by Crippen LogP contribution is -2.51. The van der Waals surface area contributed by atoms with Crippen molar-refractivity contribution in [3.8, 4) is 0 Å². The van der Waals surface area contributed by atoms with Crippen LogP contribution in [0.25, 0.3) is 0 Å². The van der Waals surface area contributed by atoms with Gasteiger partial charge in [0.15, 0.2) is 0 Å². The van der Waals surface area contributed by atoms with E-state index >= 15 is 0 Å². The summed E-state index contributed by atoms with van der Waals surface area (Å²) in [5.41, 5.74) is 1.26. The van der Waals surface area contributed by atoms with Gasteiger partial charge in [0.25, 0.3) is 0 Å². The average molecular weight is 461 g/mol. The van der Waals surface area contributed by atoms with E-state index in [-0.39, 0.29) is 46.9 Å². The van der Waals surface area contributed by atoms with Crippen molar-refractivity contribution >= 4 is 17.9 Å². The Kier molecular flexibility index (Phi) is 6.43. The topological polar surface area (TPSA) is 78.9 Å². The zero-order valence-electron chi connectivity index (χ0n) is 21.1. The Morgan fingerprint density at radius 3 is 2.30 bits per heavy atom. The van der Waals surface area contributed by atoms with Gasteiger partial charge in [-0.2, -0.15) is 0 Å². The van der Waals surface area contributed by atoms with Crippen LogP contribution in [0.4, 0.5) is 0 Å².